The van der Waals surface area contributed by atoms with Crippen molar-refractivity contribution in [1.29, 1.82) is 0 Å². The first-order valence-electron chi connectivity index (χ1n) is 6.04. The first kappa shape index (κ1) is 11.6. The van der Waals surface area contributed by atoms with Crippen molar-refractivity contribution in [2.75, 3.05) is 0 Å². The van der Waals surface area contributed by atoms with Crippen molar-refractivity contribution < 1.29 is 0 Å². The van der Waals surface area contributed by atoms with Gasteiger partial charge < -0.3 is 0 Å². The van der Waals surface area contributed by atoms with Gasteiger partial charge in [0, 0.05) is 11.9 Å². The zero-order valence-electron chi connectivity index (χ0n) is 10.2. The molecule has 1 heterocycles. The van der Waals surface area contributed by atoms with Gasteiger partial charge in [0.1, 0.15) is 0 Å². The summed E-state index contributed by atoms with van der Waals surface area (Å²) in [6, 6.07) is 4.41. The Morgan fingerprint density at radius 2 is 2.06 bits per heavy atom. The molecule has 0 aliphatic heterocycles. The fourth-order valence-corrected chi connectivity index (χ4v) is 2.82. The number of pyridine rings is 1. The van der Waals surface area contributed by atoms with Crippen LogP contribution in [-0.2, 0) is 0 Å². The minimum Gasteiger partial charge on any atom is -0.271 e. The van der Waals surface area contributed by atoms with E-state index in [4.69, 9.17) is 5.84 Å². The van der Waals surface area contributed by atoms with Crippen molar-refractivity contribution in [3.05, 3.63) is 29.6 Å². The van der Waals surface area contributed by atoms with Crippen LogP contribution in [-0.4, -0.2) is 4.98 Å². The SMILES string of the molecule is Cc1ccc(C(NN)C2(C)CCCC2)cn1. The quantitative estimate of drug-likeness (QED) is 0.606. The monoisotopic (exact) mass is 219 g/mol. The van der Waals surface area contributed by atoms with Crippen LogP contribution in [0.25, 0.3) is 0 Å². The van der Waals surface area contributed by atoms with Crippen molar-refractivity contribution in [2.24, 2.45) is 11.3 Å². The summed E-state index contributed by atoms with van der Waals surface area (Å²) < 4.78 is 0. The van der Waals surface area contributed by atoms with Gasteiger partial charge in [-0.3, -0.25) is 16.3 Å². The van der Waals surface area contributed by atoms with E-state index < -0.39 is 0 Å². The lowest BCUT2D eigenvalue weighted by molar-refractivity contribution is 0.224. The van der Waals surface area contributed by atoms with E-state index in [1.54, 1.807) is 0 Å². The molecule has 3 N–H and O–H groups in total. The molecule has 0 spiro atoms. The normalized spacial score (nSPS) is 20.9. The van der Waals surface area contributed by atoms with Gasteiger partial charge in [-0.2, -0.15) is 0 Å². The number of nitrogens with zero attached hydrogens (tertiary/aromatic N) is 1. The molecule has 3 nitrogen and oxygen atoms in total. The van der Waals surface area contributed by atoms with Crippen molar-refractivity contribution in [2.45, 2.75) is 45.6 Å². The van der Waals surface area contributed by atoms with Gasteiger partial charge in [-0.05, 0) is 36.8 Å². The highest BCUT2D eigenvalue weighted by Crippen LogP contribution is 2.46. The summed E-state index contributed by atoms with van der Waals surface area (Å²) in [5.74, 6) is 5.73. The smallest absolute Gasteiger partial charge is 0.0528 e. The third kappa shape index (κ3) is 2.11. The first-order chi connectivity index (χ1) is 7.65. The van der Waals surface area contributed by atoms with Gasteiger partial charge in [0.05, 0.1) is 6.04 Å². The van der Waals surface area contributed by atoms with E-state index in [0.29, 0.717) is 0 Å². The van der Waals surface area contributed by atoms with Crippen LogP contribution in [0.1, 0.15) is 49.9 Å². The Labute approximate surface area is 97.4 Å². The maximum absolute atomic E-state index is 5.73. The third-order valence-corrected chi connectivity index (χ3v) is 3.88. The highest BCUT2D eigenvalue weighted by atomic mass is 15.2. The average Bonchev–Trinajstić information content (AvgIpc) is 2.70. The summed E-state index contributed by atoms with van der Waals surface area (Å²) in [6.07, 6.45) is 7.07. The molecule has 1 unspecified atom stereocenters. The number of aromatic nitrogens is 1. The Hall–Kier alpha value is -0.930. The number of hydrogen-bond donors (Lipinski definition) is 2. The van der Waals surface area contributed by atoms with E-state index in [2.05, 4.69) is 29.5 Å². The summed E-state index contributed by atoms with van der Waals surface area (Å²) in [4.78, 5) is 4.35. The van der Waals surface area contributed by atoms with Crippen LogP contribution in [0.15, 0.2) is 18.3 Å². The molecule has 0 saturated heterocycles. The zero-order valence-corrected chi connectivity index (χ0v) is 10.2. The van der Waals surface area contributed by atoms with E-state index in [-0.39, 0.29) is 11.5 Å². The Bertz CT molecular complexity index is 339. The standard InChI is InChI=1S/C13H21N3/c1-10-5-6-11(9-15-10)12(16-14)13(2)7-3-4-8-13/h5-6,9,12,16H,3-4,7-8,14H2,1-2H3. The van der Waals surface area contributed by atoms with Gasteiger partial charge in [-0.25, -0.2) is 0 Å². The fraction of sp³-hybridized carbons (Fsp3) is 0.615. The molecule has 0 amide bonds. The summed E-state index contributed by atoms with van der Waals surface area (Å²) in [7, 11) is 0. The van der Waals surface area contributed by atoms with Crippen molar-refractivity contribution in [3.63, 3.8) is 0 Å². The molecule has 1 fully saturated rings. The molecular weight excluding hydrogens is 198 g/mol. The largest absolute Gasteiger partial charge is 0.271 e. The number of aryl methyl sites for hydroxylation is 1. The molecule has 1 aliphatic rings. The van der Waals surface area contributed by atoms with Crippen molar-refractivity contribution in [1.82, 2.24) is 10.4 Å². The molecule has 1 atom stereocenters. The average molecular weight is 219 g/mol. The second kappa shape index (κ2) is 4.52. The molecule has 1 aliphatic carbocycles. The Morgan fingerprint density at radius 3 is 2.56 bits per heavy atom. The van der Waals surface area contributed by atoms with Crippen LogP contribution in [0.3, 0.4) is 0 Å². The highest BCUT2D eigenvalue weighted by molar-refractivity contribution is 5.20. The molecule has 16 heavy (non-hydrogen) atoms. The van der Waals surface area contributed by atoms with Gasteiger partial charge >= 0.3 is 0 Å². The van der Waals surface area contributed by atoms with Gasteiger partial charge in [0.15, 0.2) is 0 Å². The first-order valence-corrected chi connectivity index (χ1v) is 6.04. The predicted octanol–water partition coefficient (Wildman–Crippen LogP) is 2.47. The molecule has 2 rings (SSSR count). The van der Waals surface area contributed by atoms with E-state index >= 15 is 0 Å². The molecular formula is C13H21N3. The van der Waals surface area contributed by atoms with E-state index in [9.17, 15) is 0 Å². The molecule has 0 radical (unpaired) electrons. The Morgan fingerprint density at radius 1 is 1.38 bits per heavy atom. The van der Waals surface area contributed by atoms with Gasteiger partial charge in [-0.15, -0.1) is 0 Å². The second-order valence-electron chi connectivity index (χ2n) is 5.19. The van der Waals surface area contributed by atoms with E-state index in [1.165, 1.54) is 31.2 Å². The molecule has 1 aromatic rings. The van der Waals surface area contributed by atoms with Gasteiger partial charge in [0.25, 0.3) is 0 Å². The minimum atomic E-state index is 0.225. The third-order valence-electron chi connectivity index (χ3n) is 3.88. The maximum atomic E-state index is 5.73. The number of rotatable bonds is 3. The lowest BCUT2D eigenvalue weighted by atomic mass is 9.78. The minimum absolute atomic E-state index is 0.225. The second-order valence-corrected chi connectivity index (χ2v) is 5.19. The molecule has 1 aromatic heterocycles. The van der Waals surface area contributed by atoms with Gasteiger partial charge in [-0.1, -0.05) is 25.8 Å². The predicted molar refractivity (Wildman–Crippen MR) is 65.6 cm³/mol. The molecule has 0 bridgehead atoms. The summed E-state index contributed by atoms with van der Waals surface area (Å²) in [5, 5.41) is 0. The van der Waals surface area contributed by atoms with E-state index in [0.717, 1.165) is 5.69 Å². The number of nitrogens with two attached hydrogens (primary N) is 1. The van der Waals surface area contributed by atoms with Crippen LogP contribution >= 0.6 is 0 Å². The topological polar surface area (TPSA) is 50.9 Å². The van der Waals surface area contributed by atoms with Crippen LogP contribution in [0.4, 0.5) is 0 Å². The lowest BCUT2D eigenvalue weighted by Gasteiger charge is -2.33. The number of hydrogen-bond acceptors (Lipinski definition) is 3. The van der Waals surface area contributed by atoms with Crippen LogP contribution in [0, 0.1) is 12.3 Å². The van der Waals surface area contributed by atoms with Crippen molar-refractivity contribution in [3.8, 4) is 0 Å². The molecule has 88 valence electrons. The maximum Gasteiger partial charge on any atom is 0.0528 e. The molecule has 1 saturated carbocycles. The molecule has 3 heteroatoms. The lowest BCUT2D eigenvalue weighted by Crippen LogP contribution is -2.38. The number of nitrogens with one attached hydrogen (secondary N) is 1. The van der Waals surface area contributed by atoms with E-state index in [1.807, 2.05) is 13.1 Å². The zero-order chi connectivity index (χ0) is 11.6. The summed E-state index contributed by atoms with van der Waals surface area (Å²) >= 11 is 0. The van der Waals surface area contributed by atoms with Crippen molar-refractivity contribution >= 4 is 0 Å². The van der Waals surface area contributed by atoms with Crippen LogP contribution in [0.2, 0.25) is 0 Å². The highest BCUT2D eigenvalue weighted by Gasteiger charge is 2.37. The number of hydrazine groups is 1. The fourth-order valence-electron chi connectivity index (χ4n) is 2.82. The Balaban J connectivity index is 2.25. The van der Waals surface area contributed by atoms with Gasteiger partial charge in [0.2, 0.25) is 0 Å². The summed E-state index contributed by atoms with van der Waals surface area (Å²) in [5.41, 5.74) is 5.52. The van der Waals surface area contributed by atoms with Crippen LogP contribution in [0.5, 0.6) is 0 Å². The Kier molecular flexibility index (Phi) is 3.26. The summed E-state index contributed by atoms with van der Waals surface area (Å²) in [6.45, 7) is 4.33. The van der Waals surface area contributed by atoms with Crippen LogP contribution < -0.4 is 11.3 Å². The molecule has 0 aromatic carbocycles.